The highest BCUT2D eigenvalue weighted by Crippen LogP contribution is 2.15. The van der Waals surface area contributed by atoms with Crippen molar-refractivity contribution < 1.29 is 4.79 Å². The molecule has 2 rings (SSSR count). The molecule has 0 saturated carbocycles. The Balaban J connectivity index is 1.89. The minimum absolute atomic E-state index is 0.0380. The number of carbonyl (C=O) groups excluding carboxylic acids is 1. The molecule has 5 heteroatoms. The molecule has 1 aromatic rings. The van der Waals surface area contributed by atoms with Gasteiger partial charge in [-0.05, 0) is 44.5 Å². The normalized spacial score (nSPS) is 19.0. The van der Waals surface area contributed by atoms with Crippen LogP contribution in [0.25, 0.3) is 0 Å². The van der Waals surface area contributed by atoms with Gasteiger partial charge in [-0.1, -0.05) is 6.92 Å². The van der Waals surface area contributed by atoms with E-state index in [-0.39, 0.29) is 5.91 Å². The highest BCUT2D eigenvalue weighted by atomic mass is 16.1. The van der Waals surface area contributed by atoms with E-state index in [4.69, 9.17) is 0 Å². The number of amides is 1. The van der Waals surface area contributed by atoms with E-state index in [1.54, 1.807) is 12.3 Å². The molecule has 1 atom stereocenters. The molecule has 1 amide bonds. The lowest BCUT2D eigenvalue weighted by Gasteiger charge is -2.14. The molecular weight excluding hydrogens is 252 g/mol. The molecule has 0 spiro atoms. The first-order valence-electron chi connectivity index (χ1n) is 7.44. The standard InChI is InChI=1S/C15H24N4O/c1-3-16-14-13(6-5-8-17-14)15(20)18-10-12-7-9-19(4-2)11-12/h5-6,8,12H,3-4,7,9-11H2,1-2H3,(H,16,17)(H,18,20). The molecule has 0 aliphatic carbocycles. The maximum atomic E-state index is 12.2. The highest BCUT2D eigenvalue weighted by molar-refractivity contribution is 5.98. The molecule has 1 aromatic heterocycles. The summed E-state index contributed by atoms with van der Waals surface area (Å²) in [5.41, 5.74) is 0.625. The third kappa shape index (κ3) is 3.70. The molecule has 1 aliphatic heterocycles. The van der Waals surface area contributed by atoms with Crippen molar-refractivity contribution in [1.82, 2.24) is 15.2 Å². The van der Waals surface area contributed by atoms with Gasteiger partial charge in [-0.15, -0.1) is 0 Å². The van der Waals surface area contributed by atoms with Gasteiger partial charge in [-0.25, -0.2) is 4.98 Å². The van der Waals surface area contributed by atoms with Gasteiger partial charge in [-0.3, -0.25) is 4.79 Å². The van der Waals surface area contributed by atoms with Crippen molar-refractivity contribution in [3.05, 3.63) is 23.9 Å². The van der Waals surface area contributed by atoms with Crippen molar-refractivity contribution in [2.75, 3.05) is 38.0 Å². The van der Waals surface area contributed by atoms with Crippen LogP contribution in [0, 0.1) is 5.92 Å². The van der Waals surface area contributed by atoms with Gasteiger partial charge in [0.15, 0.2) is 0 Å². The molecule has 5 nitrogen and oxygen atoms in total. The van der Waals surface area contributed by atoms with Crippen LogP contribution in [0.4, 0.5) is 5.82 Å². The first-order chi connectivity index (χ1) is 9.74. The van der Waals surface area contributed by atoms with Gasteiger partial charge < -0.3 is 15.5 Å². The number of carbonyl (C=O) groups is 1. The van der Waals surface area contributed by atoms with E-state index in [9.17, 15) is 4.79 Å². The van der Waals surface area contributed by atoms with Crippen LogP contribution >= 0.6 is 0 Å². The number of hydrogen-bond acceptors (Lipinski definition) is 4. The zero-order chi connectivity index (χ0) is 14.4. The molecular formula is C15H24N4O. The highest BCUT2D eigenvalue weighted by Gasteiger charge is 2.22. The third-order valence-electron chi connectivity index (χ3n) is 3.77. The summed E-state index contributed by atoms with van der Waals surface area (Å²) in [6, 6.07) is 3.61. The van der Waals surface area contributed by atoms with Gasteiger partial charge in [0.1, 0.15) is 5.82 Å². The van der Waals surface area contributed by atoms with E-state index in [1.807, 2.05) is 13.0 Å². The molecule has 2 N–H and O–H groups in total. The van der Waals surface area contributed by atoms with Crippen LogP contribution in [-0.4, -0.2) is 48.5 Å². The van der Waals surface area contributed by atoms with Crippen molar-refractivity contribution >= 4 is 11.7 Å². The number of anilines is 1. The predicted molar refractivity (Wildman–Crippen MR) is 81.0 cm³/mol. The fourth-order valence-electron chi connectivity index (χ4n) is 2.60. The van der Waals surface area contributed by atoms with E-state index in [1.165, 1.54) is 6.42 Å². The third-order valence-corrected chi connectivity index (χ3v) is 3.77. The van der Waals surface area contributed by atoms with Crippen LogP contribution in [-0.2, 0) is 0 Å². The fourth-order valence-corrected chi connectivity index (χ4v) is 2.60. The molecule has 20 heavy (non-hydrogen) atoms. The van der Waals surface area contributed by atoms with Gasteiger partial charge in [0, 0.05) is 25.8 Å². The van der Waals surface area contributed by atoms with Crippen molar-refractivity contribution in [2.24, 2.45) is 5.92 Å². The molecule has 1 unspecified atom stereocenters. The monoisotopic (exact) mass is 276 g/mol. The molecule has 1 saturated heterocycles. The van der Waals surface area contributed by atoms with Crippen molar-refractivity contribution in [1.29, 1.82) is 0 Å². The average molecular weight is 276 g/mol. The Labute approximate surface area is 120 Å². The lowest BCUT2D eigenvalue weighted by atomic mass is 10.1. The summed E-state index contributed by atoms with van der Waals surface area (Å²) in [6.45, 7) is 9.00. The quantitative estimate of drug-likeness (QED) is 0.828. The van der Waals surface area contributed by atoms with Gasteiger partial charge in [0.2, 0.25) is 0 Å². The summed E-state index contributed by atoms with van der Waals surface area (Å²) in [5, 5.41) is 6.16. The second-order valence-corrected chi connectivity index (χ2v) is 5.19. The Bertz CT molecular complexity index is 449. The molecule has 0 aromatic carbocycles. The van der Waals surface area contributed by atoms with Crippen molar-refractivity contribution in [2.45, 2.75) is 20.3 Å². The van der Waals surface area contributed by atoms with Crippen LogP contribution in [0.15, 0.2) is 18.3 Å². The van der Waals surface area contributed by atoms with E-state index in [2.05, 4.69) is 27.4 Å². The van der Waals surface area contributed by atoms with E-state index < -0.39 is 0 Å². The first-order valence-corrected chi connectivity index (χ1v) is 7.44. The summed E-state index contributed by atoms with van der Waals surface area (Å²) < 4.78 is 0. The second kappa shape index (κ2) is 7.24. The number of hydrogen-bond donors (Lipinski definition) is 2. The number of nitrogens with zero attached hydrogens (tertiary/aromatic N) is 2. The largest absolute Gasteiger partial charge is 0.370 e. The number of likely N-dealkylation sites (tertiary alicyclic amines) is 1. The van der Waals surface area contributed by atoms with E-state index in [0.717, 1.165) is 32.7 Å². The van der Waals surface area contributed by atoms with Gasteiger partial charge in [0.05, 0.1) is 5.56 Å². The Morgan fingerprint density at radius 3 is 3.05 bits per heavy atom. The van der Waals surface area contributed by atoms with Crippen LogP contribution in [0.1, 0.15) is 30.6 Å². The maximum Gasteiger partial charge on any atom is 0.255 e. The summed E-state index contributed by atoms with van der Waals surface area (Å²) in [7, 11) is 0. The molecule has 2 heterocycles. The molecule has 1 aliphatic rings. The van der Waals surface area contributed by atoms with Crippen molar-refractivity contribution in [3.8, 4) is 0 Å². The van der Waals surface area contributed by atoms with Crippen LogP contribution < -0.4 is 10.6 Å². The smallest absolute Gasteiger partial charge is 0.255 e. The Morgan fingerprint density at radius 2 is 2.35 bits per heavy atom. The molecule has 1 fully saturated rings. The Morgan fingerprint density at radius 1 is 1.50 bits per heavy atom. The number of rotatable bonds is 6. The summed E-state index contributed by atoms with van der Waals surface area (Å²) in [5.74, 6) is 1.19. The number of aromatic nitrogens is 1. The number of pyridine rings is 1. The zero-order valence-corrected chi connectivity index (χ0v) is 12.4. The molecule has 0 radical (unpaired) electrons. The van der Waals surface area contributed by atoms with E-state index >= 15 is 0 Å². The van der Waals surface area contributed by atoms with Gasteiger partial charge in [0.25, 0.3) is 5.91 Å². The Hall–Kier alpha value is -1.62. The average Bonchev–Trinajstić information content (AvgIpc) is 2.94. The summed E-state index contributed by atoms with van der Waals surface area (Å²) in [4.78, 5) is 18.9. The van der Waals surface area contributed by atoms with Gasteiger partial charge in [-0.2, -0.15) is 0 Å². The molecule has 0 bridgehead atoms. The lowest BCUT2D eigenvalue weighted by Crippen LogP contribution is -2.31. The minimum Gasteiger partial charge on any atom is -0.370 e. The SMILES string of the molecule is CCNc1ncccc1C(=O)NCC1CCN(CC)C1. The zero-order valence-electron chi connectivity index (χ0n) is 12.4. The minimum atomic E-state index is -0.0380. The summed E-state index contributed by atoms with van der Waals surface area (Å²) >= 11 is 0. The van der Waals surface area contributed by atoms with E-state index in [0.29, 0.717) is 17.3 Å². The lowest BCUT2D eigenvalue weighted by molar-refractivity contribution is 0.0948. The van der Waals surface area contributed by atoms with Crippen LogP contribution in [0.3, 0.4) is 0 Å². The van der Waals surface area contributed by atoms with Crippen molar-refractivity contribution in [3.63, 3.8) is 0 Å². The second-order valence-electron chi connectivity index (χ2n) is 5.19. The van der Waals surface area contributed by atoms with Crippen LogP contribution in [0.2, 0.25) is 0 Å². The topological polar surface area (TPSA) is 57.3 Å². The Kier molecular flexibility index (Phi) is 5.35. The maximum absolute atomic E-state index is 12.2. The van der Waals surface area contributed by atoms with Crippen LogP contribution in [0.5, 0.6) is 0 Å². The first kappa shape index (κ1) is 14.8. The summed E-state index contributed by atoms with van der Waals surface area (Å²) in [6.07, 6.45) is 2.87. The molecule has 110 valence electrons. The van der Waals surface area contributed by atoms with Gasteiger partial charge >= 0.3 is 0 Å². The predicted octanol–water partition coefficient (Wildman–Crippen LogP) is 1.58. The fraction of sp³-hybridized carbons (Fsp3) is 0.600. The number of nitrogens with one attached hydrogen (secondary N) is 2.